The van der Waals surface area contributed by atoms with Gasteiger partial charge in [0.25, 0.3) is 5.91 Å². The topological polar surface area (TPSA) is 100 Å². The van der Waals surface area contributed by atoms with E-state index in [0.29, 0.717) is 52.0 Å². The fourth-order valence-corrected chi connectivity index (χ4v) is 6.37. The molecule has 9 nitrogen and oxygen atoms in total. The van der Waals surface area contributed by atoms with Crippen LogP contribution in [0.3, 0.4) is 0 Å². The zero-order valence-electron chi connectivity index (χ0n) is 19.3. The summed E-state index contributed by atoms with van der Waals surface area (Å²) in [4.78, 5) is 49.6. The molecule has 2 atom stereocenters. The number of aromatic amines is 1. The van der Waals surface area contributed by atoms with Crippen LogP contribution in [0.4, 0.5) is 0 Å². The number of benzene rings is 1. The Balaban J connectivity index is 1.17. The average Bonchev–Trinajstić information content (AvgIpc) is 3.51. The highest BCUT2D eigenvalue weighted by molar-refractivity contribution is 6.06. The van der Waals surface area contributed by atoms with Crippen LogP contribution in [0.1, 0.15) is 31.2 Å². The van der Waals surface area contributed by atoms with E-state index in [4.69, 9.17) is 0 Å². The minimum atomic E-state index is -0.758. The summed E-state index contributed by atoms with van der Waals surface area (Å²) >= 11 is 0. The summed E-state index contributed by atoms with van der Waals surface area (Å²) in [6.07, 6.45) is 3.86. The van der Waals surface area contributed by atoms with Gasteiger partial charge in [0.1, 0.15) is 5.54 Å². The van der Waals surface area contributed by atoms with Crippen molar-refractivity contribution in [2.24, 2.45) is 0 Å². The molecule has 0 unspecified atom stereocenters. The van der Waals surface area contributed by atoms with Crippen molar-refractivity contribution < 1.29 is 19.5 Å². The summed E-state index contributed by atoms with van der Waals surface area (Å²) in [6, 6.07) is 7.73. The molecule has 2 N–H and O–H groups in total. The Kier molecular flexibility index (Phi) is 5.24. The first-order valence-corrected chi connectivity index (χ1v) is 12.3. The summed E-state index contributed by atoms with van der Waals surface area (Å²) in [7, 11) is 0. The number of fused-ring (bicyclic) bond motifs is 3. The maximum Gasteiger partial charge on any atom is 0.252 e. The normalized spacial score (nSPS) is 27.3. The zero-order valence-corrected chi connectivity index (χ0v) is 19.3. The van der Waals surface area contributed by atoms with Gasteiger partial charge in [0.2, 0.25) is 11.8 Å². The van der Waals surface area contributed by atoms with E-state index in [-0.39, 0.29) is 17.7 Å². The van der Waals surface area contributed by atoms with Crippen LogP contribution in [0.25, 0.3) is 10.9 Å². The van der Waals surface area contributed by atoms with E-state index >= 15 is 0 Å². The molecular formula is C25H31N5O4. The van der Waals surface area contributed by atoms with Crippen molar-refractivity contribution in [2.75, 3.05) is 39.3 Å². The van der Waals surface area contributed by atoms with Crippen molar-refractivity contribution in [1.29, 1.82) is 0 Å². The third kappa shape index (κ3) is 3.37. The summed E-state index contributed by atoms with van der Waals surface area (Å²) < 4.78 is 0. The highest BCUT2D eigenvalue weighted by Gasteiger charge is 2.64. The van der Waals surface area contributed by atoms with Crippen LogP contribution in [0, 0.1) is 0 Å². The second kappa shape index (κ2) is 8.18. The number of rotatable bonds is 6. The van der Waals surface area contributed by atoms with Gasteiger partial charge in [-0.1, -0.05) is 18.2 Å². The Morgan fingerprint density at radius 1 is 1.12 bits per heavy atom. The lowest BCUT2D eigenvalue weighted by Gasteiger charge is -2.58. The number of β-amino-alcohol motifs (C(OH)–C–C–N with tert-alkyl or cyclic N) is 1. The SMILES string of the molecule is O=C1CCCN1CCCN1C(=O)[C@@H]2C[C@@H](O)CN2C2(CN(Cc3c[nH]c4ccccc34)C2)C1=O. The van der Waals surface area contributed by atoms with Gasteiger partial charge in [-0.25, -0.2) is 0 Å². The molecule has 1 aromatic heterocycles. The van der Waals surface area contributed by atoms with Gasteiger partial charge < -0.3 is 15.0 Å². The molecule has 4 aliphatic heterocycles. The van der Waals surface area contributed by atoms with Crippen molar-refractivity contribution in [3.8, 4) is 0 Å². The number of hydrogen-bond donors (Lipinski definition) is 2. The molecule has 2 aromatic rings. The molecule has 4 aliphatic rings. The number of carbonyl (C=O) groups excluding carboxylic acids is 3. The summed E-state index contributed by atoms with van der Waals surface area (Å²) in [6.45, 7) is 3.84. The molecule has 180 valence electrons. The maximum absolute atomic E-state index is 13.7. The number of imide groups is 1. The minimum absolute atomic E-state index is 0.147. The standard InChI is InChI=1S/C25H31N5O4/c31-18-11-21-23(33)29(10-4-9-28-8-3-7-22(28)32)24(34)25(30(21)14-18)15-27(16-25)13-17-12-26-20-6-2-1-5-19(17)20/h1-2,5-6,12,18,21,26,31H,3-4,7-11,13-16H2/t18-,21+/m1/s1. The van der Waals surface area contributed by atoms with Crippen LogP contribution < -0.4 is 0 Å². The average molecular weight is 466 g/mol. The molecular weight excluding hydrogens is 434 g/mol. The lowest BCUT2D eigenvalue weighted by atomic mass is 9.82. The van der Waals surface area contributed by atoms with E-state index in [0.717, 1.165) is 25.0 Å². The quantitative estimate of drug-likeness (QED) is 0.604. The van der Waals surface area contributed by atoms with E-state index in [9.17, 15) is 19.5 Å². The Labute approximate surface area is 198 Å². The molecule has 0 saturated carbocycles. The van der Waals surface area contributed by atoms with Gasteiger partial charge in [-0.2, -0.15) is 0 Å². The van der Waals surface area contributed by atoms with E-state index in [2.05, 4.69) is 22.0 Å². The van der Waals surface area contributed by atoms with Crippen molar-refractivity contribution in [3.05, 3.63) is 36.0 Å². The smallest absolute Gasteiger partial charge is 0.252 e. The fraction of sp³-hybridized carbons (Fsp3) is 0.560. The molecule has 0 radical (unpaired) electrons. The first-order chi connectivity index (χ1) is 16.5. The summed E-state index contributed by atoms with van der Waals surface area (Å²) in [5, 5.41) is 11.5. The second-order valence-corrected chi connectivity index (χ2v) is 10.2. The van der Waals surface area contributed by atoms with Crippen LogP contribution in [-0.2, 0) is 20.9 Å². The van der Waals surface area contributed by atoms with Crippen molar-refractivity contribution in [2.45, 2.75) is 49.9 Å². The molecule has 4 saturated heterocycles. The summed E-state index contributed by atoms with van der Waals surface area (Å²) in [5.41, 5.74) is 1.53. The maximum atomic E-state index is 13.7. The number of nitrogens with one attached hydrogen (secondary N) is 1. The number of likely N-dealkylation sites (tertiary alicyclic amines) is 2. The lowest BCUT2D eigenvalue weighted by Crippen LogP contribution is -2.81. The number of carbonyl (C=O) groups is 3. The largest absolute Gasteiger partial charge is 0.392 e. The van der Waals surface area contributed by atoms with E-state index < -0.39 is 17.7 Å². The number of para-hydroxylation sites is 1. The third-order valence-electron chi connectivity index (χ3n) is 8.04. The van der Waals surface area contributed by atoms with Gasteiger partial charge in [0, 0.05) is 69.3 Å². The Morgan fingerprint density at radius 3 is 2.74 bits per heavy atom. The molecule has 0 aliphatic carbocycles. The number of aliphatic hydroxyl groups excluding tert-OH is 1. The number of amides is 3. The molecule has 5 heterocycles. The lowest BCUT2D eigenvalue weighted by molar-refractivity contribution is -0.180. The molecule has 4 fully saturated rings. The first-order valence-electron chi connectivity index (χ1n) is 12.3. The van der Waals surface area contributed by atoms with Gasteiger partial charge in [-0.3, -0.25) is 29.1 Å². The molecule has 3 amide bonds. The number of nitrogens with zero attached hydrogens (tertiary/aromatic N) is 4. The van der Waals surface area contributed by atoms with Gasteiger partial charge >= 0.3 is 0 Å². The number of aromatic nitrogens is 1. The van der Waals surface area contributed by atoms with Crippen molar-refractivity contribution >= 4 is 28.6 Å². The second-order valence-electron chi connectivity index (χ2n) is 10.2. The van der Waals surface area contributed by atoms with Gasteiger partial charge in [0.05, 0.1) is 12.1 Å². The predicted molar refractivity (Wildman–Crippen MR) is 125 cm³/mol. The third-order valence-corrected chi connectivity index (χ3v) is 8.04. The molecule has 1 aromatic carbocycles. The van der Waals surface area contributed by atoms with Crippen LogP contribution in [0.15, 0.2) is 30.5 Å². The van der Waals surface area contributed by atoms with Crippen molar-refractivity contribution in [1.82, 2.24) is 24.6 Å². The van der Waals surface area contributed by atoms with E-state index in [1.54, 1.807) is 0 Å². The van der Waals surface area contributed by atoms with Gasteiger partial charge in [-0.15, -0.1) is 0 Å². The Morgan fingerprint density at radius 2 is 1.94 bits per heavy atom. The number of aliphatic hydroxyl groups is 1. The van der Waals surface area contributed by atoms with E-state index in [1.165, 1.54) is 15.8 Å². The van der Waals surface area contributed by atoms with Crippen LogP contribution in [0.5, 0.6) is 0 Å². The molecule has 0 bridgehead atoms. The summed E-state index contributed by atoms with van der Waals surface area (Å²) in [5.74, 6) is -0.189. The van der Waals surface area contributed by atoms with Crippen molar-refractivity contribution in [3.63, 3.8) is 0 Å². The zero-order chi connectivity index (χ0) is 23.4. The molecule has 6 rings (SSSR count). The minimum Gasteiger partial charge on any atom is -0.392 e. The molecule has 34 heavy (non-hydrogen) atoms. The van der Waals surface area contributed by atoms with Gasteiger partial charge in [-0.05, 0) is 30.9 Å². The number of hydrogen-bond acceptors (Lipinski definition) is 6. The highest BCUT2D eigenvalue weighted by Crippen LogP contribution is 2.41. The van der Waals surface area contributed by atoms with Crippen LogP contribution in [0.2, 0.25) is 0 Å². The van der Waals surface area contributed by atoms with E-state index in [1.807, 2.05) is 28.1 Å². The molecule has 1 spiro atoms. The van der Waals surface area contributed by atoms with Gasteiger partial charge in [0.15, 0.2) is 0 Å². The van der Waals surface area contributed by atoms with Crippen LogP contribution in [-0.4, -0.2) is 104 Å². The number of piperazine rings is 1. The Bertz CT molecular complexity index is 1140. The highest BCUT2D eigenvalue weighted by atomic mass is 16.3. The fourth-order valence-electron chi connectivity index (χ4n) is 6.37. The monoisotopic (exact) mass is 465 g/mol. The molecule has 9 heteroatoms. The predicted octanol–water partition coefficient (Wildman–Crippen LogP) is 0.539. The Hall–Kier alpha value is -2.75. The number of H-pyrrole nitrogens is 1. The first kappa shape index (κ1) is 21.8. The van der Waals surface area contributed by atoms with Crippen LogP contribution >= 0.6 is 0 Å².